The summed E-state index contributed by atoms with van der Waals surface area (Å²) in [5.74, 6) is 1.54. The Kier molecular flexibility index (Phi) is 3.84. The molecule has 0 bridgehead atoms. The number of hydrogen-bond acceptors (Lipinski definition) is 5. The van der Waals surface area contributed by atoms with Crippen molar-refractivity contribution in [2.75, 3.05) is 13.7 Å². The molecule has 0 aliphatic carbocycles. The minimum atomic E-state index is 0.386. The van der Waals surface area contributed by atoms with Gasteiger partial charge in [-0.15, -0.1) is 10.2 Å². The van der Waals surface area contributed by atoms with Gasteiger partial charge in [0.2, 0.25) is 5.89 Å². The Balaban J connectivity index is 2.45. The van der Waals surface area contributed by atoms with E-state index in [0.29, 0.717) is 41.1 Å². The van der Waals surface area contributed by atoms with E-state index in [0.717, 1.165) is 5.56 Å². The van der Waals surface area contributed by atoms with Crippen LogP contribution >= 0.6 is 11.6 Å². The van der Waals surface area contributed by atoms with Crippen LogP contribution in [0.2, 0.25) is 5.02 Å². The molecule has 0 amide bonds. The fourth-order valence-corrected chi connectivity index (χ4v) is 1.74. The van der Waals surface area contributed by atoms with Crippen LogP contribution in [-0.4, -0.2) is 23.9 Å². The molecule has 96 valence electrons. The van der Waals surface area contributed by atoms with E-state index in [-0.39, 0.29) is 0 Å². The van der Waals surface area contributed by atoms with Gasteiger partial charge in [0.15, 0.2) is 0 Å². The number of ether oxygens (including phenoxy) is 1. The second-order valence-corrected chi connectivity index (χ2v) is 4.25. The van der Waals surface area contributed by atoms with Gasteiger partial charge in [0, 0.05) is 18.0 Å². The SMILES string of the molecule is COc1cc(C)c(Cl)cc1-c1nnc(CCN)o1. The van der Waals surface area contributed by atoms with E-state index < -0.39 is 0 Å². The highest BCUT2D eigenvalue weighted by molar-refractivity contribution is 6.31. The topological polar surface area (TPSA) is 74.2 Å². The summed E-state index contributed by atoms with van der Waals surface area (Å²) >= 11 is 6.10. The van der Waals surface area contributed by atoms with Gasteiger partial charge in [-0.1, -0.05) is 11.6 Å². The van der Waals surface area contributed by atoms with Gasteiger partial charge in [-0.2, -0.15) is 0 Å². The summed E-state index contributed by atoms with van der Waals surface area (Å²) < 4.78 is 10.8. The quantitative estimate of drug-likeness (QED) is 0.919. The molecule has 1 heterocycles. The summed E-state index contributed by atoms with van der Waals surface area (Å²) in [6.07, 6.45) is 0.551. The minimum Gasteiger partial charge on any atom is -0.496 e. The molecule has 2 rings (SSSR count). The van der Waals surface area contributed by atoms with Crippen LogP contribution in [0.4, 0.5) is 0 Å². The fraction of sp³-hybridized carbons (Fsp3) is 0.333. The second kappa shape index (κ2) is 5.37. The van der Waals surface area contributed by atoms with Crippen molar-refractivity contribution < 1.29 is 9.15 Å². The lowest BCUT2D eigenvalue weighted by atomic mass is 10.1. The van der Waals surface area contributed by atoms with Gasteiger partial charge in [0.05, 0.1) is 12.7 Å². The Hall–Kier alpha value is -1.59. The number of methoxy groups -OCH3 is 1. The molecule has 0 atom stereocenters. The number of rotatable bonds is 4. The summed E-state index contributed by atoms with van der Waals surface area (Å²) in [5, 5.41) is 8.52. The summed E-state index contributed by atoms with van der Waals surface area (Å²) in [6.45, 7) is 2.37. The fourth-order valence-electron chi connectivity index (χ4n) is 1.58. The van der Waals surface area contributed by atoms with Gasteiger partial charge in [-0.3, -0.25) is 0 Å². The maximum Gasteiger partial charge on any atom is 0.251 e. The molecule has 0 aliphatic rings. The van der Waals surface area contributed by atoms with Crippen LogP contribution in [-0.2, 0) is 6.42 Å². The van der Waals surface area contributed by atoms with Crippen molar-refractivity contribution in [1.29, 1.82) is 0 Å². The predicted octanol–water partition coefficient (Wildman–Crippen LogP) is 2.21. The average Bonchev–Trinajstić information content (AvgIpc) is 2.81. The molecule has 2 N–H and O–H groups in total. The normalized spacial score (nSPS) is 10.7. The number of halogens is 1. The standard InChI is InChI=1S/C12H14ClN3O2/c1-7-5-10(17-2)8(6-9(7)13)12-16-15-11(18-12)3-4-14/h5-6H,3-4,14H2,1-2H3. The van der Waals surface area contributed by atoms with Crippen molar-refractivity contribution in [2.24, 2.45) is 5.73 Å². The summed E-state index contributed by atoms with van der Waals surface area (Å²) in [5.41, 5.74) is 7.05. The van der Waals surface area contributed by atoms with E-state index in [1.54, 1.807) is 13.2 Å². The van der Waals surface area contributed by atoms with Gasteiger partial charge in [0.1, 0.15) is 5.75 Å². The van der Waals surface area contributed by atoms with E-state index in [1.807, 2.05) is 13.0 Å². The van der Waals surface area contributed by atoms with Gasteiger partial charge in [-0.25, -0.2) is 0 Å². The smallest absolute Gasteiger partial charge is 0.251 e. The molecule has 1 aromatic heterocycles. The number of nitrogens with zero attached hydrogens (tertiary/aromatic N) is 2. The van der Waals surface area contributed by atoms with Crippen LogP contribution in [0.25, 0.3) is 11.5 Å². The number of nitrogens with two attached hydrogens (primary N) is 1. The van der Waals surface area contributed by atoms with Crippen LogP contribution in [0.1, 0.15) is 11.5 Å². The Morgan fingerprint density at radius 1 is 1.39 bits per heavy atom. The van der Waals surface area contributed by atoms with Crippen LogP contribution in [0.3, 0.4) is 0 Å². The van der Waals surface area contributed by atoms with E-state index in [9.17, 15) is 0 Å². The number of hydrogen-bond donors (Lipinski definition) is 1. The molecule has 0 saturated heterocycles. The largest absolute Gasteiger partial charge is 0.496 e. The molecule has 0 unspecified atom stereocenters. The average molecular weight is 268 g/mol. The van der Waals surface area contributed by atoms with Crippen molar-refractivity contribution in [3.8, 4) is 17.2 Å². The van der Waals surface area contributed by atoms with Gasteiger partial charge in [-0.05, 0) is 24.6 Å². The van der Waals surface area contributed by atoms with E-state index >= 15 is 0 Å². The van der Waals surface area contributed by atoms with Crippen molar-refractivity contribution in [2.45, 2.75) is 13.3 Å². The van der Waals surface area contributed by atoms with Crippen molar-refractivity contribution in [3.05, 3.63) is 28.6 Å². The molecule has 0 fully saturated rings. The first kappa shape index (κ1) is 12.9. The summed E-state index contributed by atoms with van der Waals surface area (Å²) in [6, 6.07) is 3.60. The molecule has 0 radical (unpaired) electrons. The molecule has 2 aromatic rings. The lowest BCUT2D eigenvalue weighted by Crippen LogP contribution is -2.02. The van der Waals surface area contributed by atoms with Gasteiger partial charge in [0.25, 0.3) is 5.89 Å². The van der Waals surface area contributed by atoms with Crippen LogP contribution in [0.5, 0.6) is 5.75 Å². The van der Waals surface area contributed by atoms with Crippen LogP contribution in [0.15, 0.2) is 16.5 Å². The summed E-state index contributed by atoms with van der Waals surface area (Å²) in [7, 11) is 1.59. The molecule has 6 heteroatoms. The van der Waals surface area contributed by atoms with Crippen molar-refractivity contribution in [1.82, 2.24) is 10.2 Å². The first-order chi connectivity index (χ1) is 8.65. The van der Waals surface area contributed by atoms with Crippen LogP contribution < -0.4 is 10.5 Å². The molecule has 1 aromatic carbocycles. The molecule has 0 spiro atoms. The lowest BCUT2D eigenvalue weighted by molar-refractivity contribution is 0.413. The maximum absolute atomic E-state index is 6.10. The molecule has 0 saturated carbocycles. The lowest BCUT2D eigenvalue weighted by Gasteiger charge is -2.07. The highest BCUT2D eigenvalue weighted by atomic mass is 35.5. The van der Waals surface area contributed by atoms with E-state index in [4.69, 9.17) is 26.5 Å². The summed E-state index contributed by atoms with van der Waals surface area (Å²) in [4.78, 5) is 0. The zero-order valence-corrected chi connectivity index (χ0v) is 11.0. The van der Waals surface area contributed by atoms with Gasteiger partial charge < -0.3 is 14.9 Å². The Labute approximate surface area is 110 Å². The Morgan fingerprint density at radius 2 is 2.17 bits per heavy atom. The third kappa shape index (κ3) is 2.47. The zero-order chi connectivity index (χ0) is 13.1. The highest BCUT2D eigenvalue weighted by Gasteiger charge is 2.15. The van der Waals surface area contributed by atoms with E-state index in [2.05, 4.69) is 10.2 Å². The van der Waals surface area contributed by atoms with Crippen LogP contribution in [0, 0.1) is 6.92 Å². The second-order valence-electron chi connectivity index (χ2n) is 3.84. The number of aromatic nitrogens is 2. The van der Waals surface area contributed by atoms with Crippen molar-refractivity contribution in [3.63, 3.8) is 0 Å². The molecular formula is C12H14ClN3O2. The molecule has 18 heavy (non-hydrogen) atoms. The molecule has 0 aliphatic heterocycles. The molecule has 5 nitrogen and oxygen atoms in total. The van der Waals surface area contributed by atoms with Crippen molar-refractivity contribution >= 4 is 11.6 Å². The first-order valence-electron chi connectivity index (χ1n) is 5.52. The Morgan fingerprint density at radius 3 is 2.83 bits per heavy atom. The zero-order valence-electron chi connectivity index (χ0n) is 10.2. The first-order valence-corrected chi connectivity index (χ1v) is 5.90. The Bertz CT molecular complexity index is 554. The third-order valence-corrected chi connectivity index (χ3v) is 2.94. The minimum absolute atomic E-state index is 0.386. The van der Waals surface area contributed by atoms with Gasteiger partial charge >= 0.3 is 0 Å². The highest BCUT2D eigenvalue weighted by Crippen LogP contribution is 2.33. The number of benzene rings is 1. The molecular weight excluding hydrogens is 254 g/mol. The maximum atomic E-state index is 6.10. The third-order valence-electron chi connectivity index (χ3n) is 2.54. The monoisotopic (exact) mass is 267 g/mol. The van der Waals surface area contributed by atoms with E-state index in [1.165, 1.54) is 0 Å². The number of aryl methyl sites for hydroxylation is 1. The predicted molar refractivity (Wildman–Crippen MR) is 68.8 cm³/mol.